The molecule has 140 valence electrons. The van der Waals surface area contributed by atoms with E-state index in [-0.39, 0.29) is 5.91 Å². The van der Waals surface area contributed by atoms with Crippen molar-refractivity contribution in [3.05, 3.63) is 47.5 Å². The molecule has 5 nitrogen and oxygen atoms in total. The van der Waals surface area contributed by atoms with Gasteiger partial charge in [0.15, 0.2) is 11.5 Å². The highest BCUT2D eigenvalue weighted by atomic mass is 16.5. The summed E-state index contributed by atoms with van der Waals surface area (Å²) >= 11 is 0. The van der Waals surface area contributed by atoms with Crippen LogP contribution >= 0.6 is 0 Å². The molecule has 0 aliphatic carbocycles. The number of amides is 1. The molecular formula is C21H27NO4. The Labute approximate surface area is 155 Å². The molecule has 2 aromatic rings. The molecule has 26 heavy (non-hydrogen) atoms. The lowest BCUT2D eigenvalue weighted by molar-refractivity contribution is -0.116. The van der Waals surface area contributed by atoms with Crippen LogP contribution in [0.5, 0.6) is 17.2 Å². The number of nitrogens with one attached hydrogen (secondary N) is 1. The predicted octanol–water partition coefficient (Wildman–Crippen LogP) is 4.37. The lowest BCUT2D eigenvalue weighted by Gasteiger charge is -2.13. The molecule has 0 heterocycles. The van der Waals surface area contributed by atoms with Gasteiger partial charge < -0.3 is 19.5 Å². The highest BCUT2D eigenvalue weighted by molar-refractivity contribution is 5.92. The van der Waals surface area contributed by atoms with Gasteiger partial charge in [-0.1, -0.05) is 12.1 Å². The van der Waals surface area contributed by atoms with E-state index in [0.29, 0.717) is 43.2 Å². The minimum atomic E-state index is -0.0549. The minimum Gasteiger partial charge on any atom is -0.495 e. The number of rotatable bonds is 9. The zero-order valence-electron chi connectivity index (χ0n) is 15.9. The number of carbonyl (C=O) groups excluding carboxylic acids is 1. The van der Waals surface area contributed by atoms with Crippen LogP contribution in [0.15, 0.2) is 36.4 Å². The number of carbonyl (C=O) groups is 1. The minimum absolute atomic E-state index is 0.0549. The van der Waals surface area contributed by atoms with Crippen LogP contribution in [0.4, 0.5) is 5.69 Å². The molecule has 1 amide bonds. The lowest BCUT2D eigenvalue weighted by Crippen LogP contribution is -2.13. The van der Waals surface area contributed by atoms with E-state index in [1.807, 2.05) is 57.2 Å². The smallest absolute Gasteiger partial charge is 0.224 e. The summed E-state index contributed by atoms with van der Waals surface area (Å²) in [6.07, 6.45) is 0.989. The Morgan fingerprint density at radius 1 is 0.962 bits per heavy atom. The van der Waals surface area contributed by atoms with E-state index in [9.17, 15) is 4.79 Å². The maximum atomic E-state index is 12.3. The Hall–Kier alpha value is -2.69. The number of hydrogen-bond acceptors (Lipinski definition) is 4. The molecular weight excluding hydrogens is 330 g/mol. The molecule has 0 unspecified atom stereocenters. The SMILES string of the molecule is CCOc1ccc(CCC(=O)Nc2cc(C)ccc2OC)cc1OCC. The standard InChI is InChI=1S/C21H27NO4/c1-5-25-19-11-8-16(14-20(19)26-6-2)9-12-21(23)22-17-13-15(3)7-10-18(17)24-4/h7-8,10-11,13-14H,5-6,9,12H2,1-4H3,(H,22,23). The number of anilines is 1. The lowest BCUT2D eigenvalue weighted by atomic mass is 10.1. The van der Waals surface area contributed by atoms with Crippen LogP contribution < -0.4 is 19.5 Å². The van der Waals surface area contributed by atoms with Crippen molar-refractivity contribution < 1.29 is 19.0 Å². The van der Waals surface area contributed by atoms with Crippen molar-refractivity contribution in [2.24, 2.45) is 0 Å². The Balaban J connectivity index is 2.01. The number of aryl methyl sites for hydroxylation is 2. The van der Waals surface area contributed by atoms with Gasteiger partial charge in [-0.15, -0.1) is 0 Å². The summed E-state index contributed by atoms with van der Waals surface area (Å²) < 4.78 is 16.5. The van der Waals surface area contributed by atoms with Crippen molar-refractivity contribution in [2.75, 3.05) is 25.6 Å². The molecule has 0 aliphatic heterocycles. The van der Waals surface area contributed by atoms with E-state index >= 15 is 0 Å². The van der Waals surface area contributed by atoms with Gasteiger partial charge in [-0.3, -0.25) is 4.79 Å². The molecule has 2 rings (SSSR count). The van der Waals surface area contributed by atoms with E-state index in [0.717, 1.165) is 16.9 Å². The van der Waals surface area contributed by atoms with Gasteiger partial charge in [0.25, 0.3) is 0 Å². The average Bonchev–Trinajstić information content (AvgIpc) is 2.62. The summed E-state index contributed by atoms with van der Waals surface area (Å²) in [5.74, 6) is 2.05. The molecule has 0 saturated heterocycles. The van der Waals surface area contributed by atoms with Crippen molar-refractivity contribution in [3.63, 3.8) is 0 Å². The molecule has 0 bridgehead atoms. The van der Waals surface area contributed by atoms with Crippen LogP contribution in [-0.2, 0) is 11.2 Å². The first-order chi connectivity index (χ1) is 12.6. The predicted molar refractivity (Wildman–Crippen MR) is 103 cm³/mol. The first kappa shape index (κ1) is 19.6. The number of ether oxygens (including phenoxy) is 3. The third-order valence-electron chi connectivity index (χ3n) is 3.88. The fraction of sp³-hybridized carbons (Fsp3) is 0.381. The van der Waals surface area contributed by atoms with Gasteiger partial charge >= 0.3 is 0 Å². The van der Waals surface area contributed by atoms with Gasteiger partial charge in [0.05, 0.1) is 26.0 Å². The second-order valence-corrected chi connectivity index (χ2v) is 5.90. The van der Waals surface area contributed by atoms with Gasteiger partial charge in [-0.2, -0.15) is 0 Å². The van der Waals surface area contributed by atoms with Crippen LogP contribution in [0.1, 0.15) is 31.4 Å². The summed E-state index contributed by atoms with van der Waals surface area (Å²) in [6.45, 7) is 7.00. The van der Waals surface area contributed by atoms with Crippen molar-refractivity contribution in [1.29, 1.82) is 0 Å². The van der Waals surface area contributed by atoms with Crippen molar-refractivity contribution in [2.45, 2.75) is 33.6 Å². The molecule has 0 aromatic heterocycles. The maximum Gasteiger partial charge on any atom is 0.224 e. The molecule has 5 heteroatoms. The van der Waals surface area contributed by atoms with Crippen molar-refractivity contribution >= 4 is 11.6 Å². The second-order valence-electron chi connectivity index (χ2n) is 5.90. The third kappa shape index (κ3) is 5.41. The molecule has 0 spiro atoms. The first-order valence-corrected chi connectivity index (χ1v) is 8.90. The van der Waals surface area contributed by atoms with E-state index in [4.69, 9.17) is 14.2 Å². The van der Waals surface area contributed by atoms with Gasteiger partial charge in [0, 0.05) is 6.42 Å². The van der Waals surface area contributed by atoms with Crippen LogP contribution in [-0.4, -0.2) is 26.2 Å². The van der Waals surface area contributed by atoms with E-state index in [1.54, 1.807) is 7.11 Å². The molecule has 0 aliphatic rings. The van der Waals surface area contributed by atoms with Crippen molar-refractivity contribution in [1.82, 2.24) is 0 Å². The number of methoxy groups -OCH3 is 1. The van der Waals surface area contributed by atoms with E-state index in [1.165, 1.54) is 0 Å². The van der Waals surface area contributed by atoms with Gasteiger partial charge in [-0.25, -0.2) is 0 Å². The Morgan fingerprint density at radius 2 is 1.65 bits per heavy atom. The van der Waals surface area contributed by atoms with Crippen LogP contribution in [0.2, 0.25) is 0 Å². The second kappa shape index (κ2) is 9.70. The molecule has 1 N–H and O–H groups in total. The molecule has 2 aromatic carbocycles. The molecule has 0 radical (unpaired) electrons. The summed E-state index contributed by atoms with van der Waals surface area (Å²) in [7, 11) is 1.59. The molecule has 0 atom stereocenters. The van der Waals surface area contributed by atoms with Gasteiger partial charge in [-0.05, 0) is 62.6 Å². The quantitative estimate of drug-likeness (QED) is 0.724. The van der Waals surface area contributed by atoms with Crippen molar-refractivity contribution in [3.8, 4) is 17.2 Å². The Bertz CT molecular complexity index is 743. The largest absolute Gasteiger partial charge is 0.495 e. The highest BCUT2D eigenvalue weighted by Crippen LogP contribution is 2.29. The van der Waals surface area contributed by atoms with Crippen LogP contribution in [0, 0.1) is 6.92 Å². The number of hydrogen-bond donors (Lipinski definition) is 1. The zero-order chi connectivity index (χ0) is 18.9. The topological polar surface area (TPSA) is 56.8 Å². The monoisotopic (exact) mass is 357 g/mol. The summed E-state index contributed by atoms with van der Waals surface area (Å²) in [5, 5.41) is 2.92. The first-order valence-electron chi connectivity index (χ1n) is 8.90. The van der Waals surface area contributed by atoms with Gasteiger partial charge in [0.1, 0.15) is 5.75 Å². The average molecular weight is 357 g/mol. The highest BCUT2D eigenvalue weighted by Gasteiger charge is 2.10. The van der Waals surface area contributed by atoms with Gasteiger partial charge in [0.2, 0.25) is 5.91 Å². The zero-order valence-corrected chi connectivity index (χ0v) is 15.9. The molecule has 0 saturated carbocycles. The summed E-state index contributed by atoms with van der Waals surface area (Å²) in [6, 6.07) is 11.5. The van der Waals surface area contributed by atoms with E-state index in [2.05, 4.69) is 5.32 Å². The molecule has 0 fully saturated rings. The third-order valence-corrected chi connectivity index (χ3v) is 3.88. The summed E-state index contributed by atoms with van der Waals surface area (Å²) in [4.78, 5) is 12.3. The normalized spacial score (nSPS) is 10.3. The number of benzene rings is 2. The maximum absolute atomic E-state index is 12.3. The summed E-state index contributed by atoms with van der Waals surface area (Å²) in [5.41, 5.74) is 2.79. The Kier molecular flexibility index (Phi) is 7.33. The fourth-order valence-corrected chi connectivity index (χ4v) is 2.64. The fourth-order valence-electron chi connectivity index (χ4n) is 2.64. The Morgan fingerprint density at radius 3 is 2.35 bits per heavy atom. The van der Waals surface area contributed by atoms with Crippen LogP contribution in [0.3, 0.4) is 0 Å². The van der Waals surface area contributed by atoms with Crippen LogP contribution in [0.25, 0.3) is 0 Å². The van der Waals surface area contributed by atoms with E-state index < -0.39 is 0 Å².